The van der Waals surface area contributed by atoms with Crippen LogP contribution in [0.2, 0.25) is 5.02 Å². The first-order chi connectivity index (χ1) is 10.9. The van der Waals surface area contributed by atoms with E-state index in [2.05, 4.69) is 0 Å². The van der Waals surface area contributed by atoms with Gasteiger partial charge in [0.15, 0.2) is 0 Å². The molecule has 1 fully saturated rings. The van der Waals surface area contributed by atoms with Crippen molar-refractivity contribution in [3.05, 3.63) is 28.8 Å². The maximum Gasteiger partial charge on any atom is 0.314 e. The van der Waals surface area contributed by atoms with E-state index >= 15 is 0 Å². The highest BCUT2D eigenvalue weighted by Gasteiger charge is 2.29. The first-order valence-corrected chi connectivity index (χ1v) is 7.92. The summed E-state index contributed by atoms with van der Waals surface area (Å²) in [5.74, 6) is 0.473. The van der Waals surface area contributed by atoms with Crippen LogP contribution in [-0.4, -0.2) is 49.0 Å². The number of rotatable bonds is 4. The third-order valence-electron chi connectivity index (χ3n) is 4.11. The average molecular weight is 340 g/mol. The minimum absolute atomic E-state index is 0.00187. The van der Waals surface area contributed by atoms with E-state index in [-0.39, 0.29) is 11.8 Å². The summed E-state index contributed by atoms with van der Waals surface area (Å²) < 4.78 is 5.31. The quantitative estimate of drug-likeness (QED) is 0.912. The number of piperidine rings is 1. The second-order valence-corrected chi connectivity index (χ2v) is 6.21. The largest absolute Gasteiger partial charge is 0.496 e. The van der Waals surface area contributed by atoms with E-state index in [4.69, 9.17) is 22.1 Å². The minimum atomic E-state index is -0.471. The summed E-state index contributed by atoms with van der Waals surface area (Å²) in [5.41, 5.74) is 6.16. The van der Waals surface area contributed by atoms with Crippen molar-refractivity contribution >= 4 is 23.5 Å². The SMILES string of the molecule is COc1ccc(Cl)cc1CN(C)C(=O)C1CCCN(C(N)=O)C1. The van der Waals surface area contributed by atoms with Gasteiger partial charge in [-0.15, -0.1) is 0 Å². The summed E-state index contributed by atoms with van der Waals surface area (Å²) in [6.45, 7) is 1.39. The molecule has 1 heterocycles. The average Bonchev–Trinajstić information content (AvgIpc) is 2.54. The highest BCUT2D eigenvalue weighted by Crippen LogP contribution is 2.25. The van der Waals surface area contributed by atoms with Gasteiger partial charge in [0, 0.05) is 37.3 Å². The molecule has 1 aliphatic heterocycles. The lowest BCUT2D eigenvalue weighted by molar-refractivity contribution is -0.136. The molecule has 2 N–H and O–H groups in total. The number of nitrogens with zero attached hydrogens (tertiary/aromatic N) is 2. The molecule has 1 atom stereocenters. The summed E-state index contributed by atoms with van der Waals surface area (Å²) in [5, 5.41) is 0.596. The van der Waals surface area contributed by atoms with Crippen LogP contribution in [0.4, 0.5) is 4.79 Å². The number of halogens is 1. The van der Waals surface area contributed by atoms with Crippen molar-refractivity contribution in [2.75, 3.05) is 27.2 Å². The van der Waals surface area contributed by atoms with Gasteiger partial charge in [-0.1, -0.05) is 11.6 Å². The number of methoxy groups -OCH3 is 1. The Morgan fingerprint density at radius 2 is 2.22 bits per heavy atom. The number of hydrogen-bond donors (Lipinski definition) is 1. The van der Waals surface area contributed by atoms with Gasteiger partial charge in [-0.2, -0.15) is 0 Å². The Balaban J connectivity index is 2.05. The number of primary amides is 1. The predicted octanol–water partition coefficient (Wildman–Crippen LogP) is 2.10. The lowest BCUT2D eigenvalue weighted by Gasteiger charge is -2.33. The second-order valence-electron chi connectivity index (χ2n) is 5.77. The van der Waals surface area contributed by atoms with Crippen molar-refractivity contribution < 1.29 is 14.3 Å². The molecule has 23 heavy (non-hydrogen) atoms. The van der Waals surface area contributed by atoms with E-state index in [9.17, 15) is 9.59 Å². The maximum atomic E-state index is 12.6. The molecule has 2 rings (SSSR count). The van der Waals surface area contributed by atoms with Gasteiger partial charge in [-0.3, -0.25) is 4.79 Å². The first kappa shape index (κ1) is 17.4. The van der Waals surface area contributed by atoms with E-state index in [0.29, 0.717) is 30.4 Å². The van der Waals surface area contributed by atoms with E-state index in [1.54, 1.807) is 37.3 Å². The van der Waals surface area contributed by atoms with Gasteiger partial charge in [-0.05, 0) is 31.0 Å². The van der Waals surface area contributed by atoms with E-state index in [0.717, 1.165) is 18.4 Å². The molecule has 0 aliphatic carbocycles. The summed E-state index contributed by atoms with van der Waals surface area (Å²) in [6, 6.07) is 4.85. The number of ether oxygens (including phenoxy) is 1. The summed E-state index contributed by atoms with van der Waals surface area (Å²) in [4.78, 5) is 27.1. The highest BCUT2D eigenvalue weighted by atomic mass is 35.5. The van der Waals surface area contributed by atoms with Gasteiger partial charge in [0.25, 0.3) is 0 Å². The van der Waals surface area contributed by atoms with Crippen molar-refractivity contribution in [3.8, 4) is 5.75 Å². The van der Waals surface area contributed by atoms with Gasteiger partial charge in [0.1, 0.15) is 5.75 Å². The van der Waals surface area contributed by atoms with Gasteiger partial charge in [-0.25, -0.2) is 4.79 Å². The molecule has 1 unspecified atom stereocenters. The molecule has 0 bridgehead atoms. The number of benzene rings is 1. The van der Waals surface area contributed by atoms with Crippen LogP contribution in [0.5, 0.6) is 5.75 Å². The smallest absolute Gasteiger partial charge is 0.314 e. The number of nitrogens with two attached hydrogens (primary N) is 1. The lowest BCUT2D eigenvalue weighted by Crippen LogP contribution is -2.47. The molecular formula is C16H22ClN3O3. The van der Waals surface area contributed by atoms with Crippen LogP contribution in [-0.2, 0) is 11.3 Å². The Morgan fingerprint density at radius 3 is 2.87 bits per heavy atom. The number of amides is 3. The number of carbonyl (C=O) groups excluding carboxylic acids is 2. The zero-order valence-electron chi connectivity index (χ0n) is 13.4. The fourth-order valence-electron chi connectivity index (χ4n) is 2.89. The lowest BCUT2D eigenvalue weighted by atomic mass is 9.96. The second kappa shape index (κ2) is 7.55. The zero-order valence-corrected chi connectivity index (χ0v) is 14.2. The summed E-state index contributed by atoms with van der Waals surface area (Å²) >= 11 is 6.02. The third kappa shape index (κ3) is 4.28. The van der Waals surface area contributed by atoms with Gasteiger partial charge >= 0.3 is 6.03 Å². The normalized spacial score (nSPS) is 17.7. The Kier molecular flexibility index (Phi) is 5.71. The van der Waals surface area contributed by atoms with Crippen LogP contribution < -0.4 is 10.5 Å². The first-order valence-electron chi connectivity index (χ1n) is 7.54. The monoisotopic (exact) mass is 339 g/mol. The summed E-state index contributed by atoms with van der Waals surface area (Å²) in [6.07, 6.45) is 1.55. The molecule has 1 aromatic rings. The predicted molar refractivity (Wildman–Crippen MR) is 88.4 cm³/mol. The molecule has 3 amide bonds. The topological polar surface area (TPSA) is 75.9 Å². The molecule has 1 saturated heterocycles. The fourth-order valence-corrected chi connectivity index (χ4v) is 3.09. The van der Waals surface area contributed by atoms with Gasteiger partial charge in [0.05, 0.1) is 13.0 Å². The molecular weight excluding hydrogens is 318 g/mol. The number of urea groups is 1. The Labute approximate surface area is 141 Å². The maximum absolute atomic E-state index is 12.6. The van der Waals surface area contributed by atoms with E-state index < -0.39 is 6.03 Å². The fraction of sp³-hybridized carbons (Fsp3) is 0.500. The Bertz CT molecular complexity index is 594. The number of likely N-dealkylation sites (tertiary alicyclic amines) is 1. The van der Waals surface area contributed by atoms with E-state index in [1.807, 2.05) is 0 Å². The van der Waals surface area contributed by atoms with Crippen LogP contribution >= 0.6 is 11.6 Å². The van der Waals surface area contributed by atoms with Crippen molar-refractivity contribution in [3.63, 3.8) is 0 Å². The highest BCUT2D eigenvalue weighted by molar-refractivity contribution is 6.30. The molecule has 6 nitrogen and oxygen atoms in total. The van der Waals surface area contributed by atoms with Crippen LogP contribution in [0.25, 0.3) is 0 Å². The van der Waals surface area contributed by atoms with Crippen molar-refractivity contribution in [2.24, 2.45) is 11.7 Å². The molecule has 1 aliphatic rings. The third-order valence-corrected chi connectivity index (χ3v) is 4.34. The molecule has 0 radical (unpaired) electrons. The molecule has 1 aromatic carbocycles. The molecule has 126 valence electrons. The molecule has 0 aromatic heterocycles. The van der Waals surface area contributed by atoms with Gasteiger partial charge in [0.2, 0.25) is 5.91 Å². The van der Waals surface area contributed by atoms with Crippen LogP contribution in [0.15, 0.2) is 18.2 Å². The Morgan fingerprint density at radius 1 is 1.48 bits per heavy atom. The number of carbonyl (C=O) groups is 2. The Hall–Kier alpha value is -1.95. The molecule has 0 saturated carbocycles. The minimum Gasteiger partial charge on any atom is -0.496 e. The molecule has 0 spiro atoms. The van der Waals surface area contributed by atoms with Crippen molar-refractivity contribution in [1.82, 2.24) is 9.80 Å². The molecule has 7 heteroatoms. The van der Waals surface area contributed by atoms with Crippen LogP contribution in [0.1, 0.15) is 18.4 Å². The summed E-state index contributed by atoms with van der Waals surface area (Å²) in [7, 11) is 3.33. The standard InChI is InChI=1S/C16H22ClN3O3/c1-19(9-12-8-13(17)5-6-14(12)23-2)15(21)11-4-3-7-20(10-11)16(18)22/h5-6,8,11H,3-4,7,9-10H2,1-2H3,(H2,18,22). The van der Waals surface area contributed by atoms with E-state index in [1.165, 1.54) is 4.90 Å². The van der Waals surface area contributed by atoms with Gasteiger partial charge < -0.3 is 20.3 Å². The van der Waals surface area contributed by atoms with Crippen LogP contribution in [0.3, 0.4) is 0 Å². The van der Waals surface area contributed by atoms with Crippen LogP contribution in [0, 0.1) is 5.92 Å². The van der Waals surface area contributed by atoms with Crippen molar-refractivity contribution in [1.29, 1.82) is 0 Å². The number of hydrogen-bond acceptors (Lipinski definition) is 3. The van der Waals surface area contributed by atoms with Crippen molar-refractivity contribution in [2.45, 2.75) is 19.4 Å². The zero-order chi connectivity index (χ0) is 17.0.